The molecule has 2 aromatic rings. The summed E-state index contributed by atoms with van der Waals surface area (Å²) in [6.45, 7) is 1.91. The van der Waals surface area contributed by atoms with Gasteiger partial charge in [-0.3, -0.25) is 0 Å². The van der Waals surface area contributed by atoms with Crippen molar-refractivity contribution in [3.05, 3.63) is 59.9 Å². The van der Waals surface area contributed by atoms with Crippen molar-refractivity contribution in [1.29, 1.82) is 0 Å². The number of phenolic OH excluding ortho intramolecular Hbond substituents is 1. The average Bonchev–Trinajstić information content (AvgIpc) is 2.46. The number of rotatable bonds is 5. The Balaban J connectivity index is 2.33. The van der Waals surface area contributed by atoms with Crippen molar-refractivity contribution in [2.24, 2.45) is 0 Å². The fourth-order valence-electron chi connectivity index (χ4n) is 1.97. The van der Waals surface area contributed by atoms with E-state index >= 15 is 0 Å². The lowest BCUT2D eigenvalue weighted by Gasteiger charge is -2.19. The lowest BCUT2D eigenvalue weighted by atomic mass is 10.1. The Kier molecular flexibility index (Phi) is 4.77. The van der Waals surface area contributed by atoms with Crippen LogP contribution in [0.25, 0.3) is 0 Å². The summed E-state index contributed by atoms with van der Waals surface area (Å²) in [6, 6.07) is 11.3. The normalized spacial score (nSPS) is 11.7. The molecule has 110 valence electrons. The van der Waals surface area contributed by atoms with Gasteiger partial charge in [-0.25, -0.2) is 9.18 Å². The van der Waals surface area contributed by atoms with E-state index in [0.717, 1.165) is 0 Å². The second-order valence-electron chi connectivity index (χ2n) is 4.40. The maximum atomic E-state index is 13.2. The van der Waals surface area contributed by atoms with E-state index < -0.39 is 17.8 Å². The molecule has 2 aromatic carbocycles. The highest BCUT2D eigenvalue weighted by atomic mass is 19.1. The zero-order valence-corrected chi connectivity index (χ0v) is 11.5. The molecule has 0 aromatic heterocycles. The van der Waals surface area contributed by atoms with Crippen LogP contribution in [0.5, 0.6) is 5.75 Å². The zero-order chi connectivity index (χ0) is 15.2. The maximum absolute atomic E-state index is 13.2. The number of aromatic hydroxyl groups is 1. The molecule has 0 bridgehead atoms. The first-order valence-corrected chi connectivity index (χ1v) is 6.58. The molecule has 0 radical (unpaired) electrons. The molecule has 4 nitrogen and oxygen atoms in total. The molecule has 0 aliphatic rings. The molecule has 0 amide bonds. The first-order valence-electron chi connectivity index (χ1n) is 6.58. The summed E-state index contributed by atoms with van der Waals surface area (Å²) in [4.78, 5) is 12.1. The van der Waals surface area contributed by atoms with Crippen LogP contribution in [0.3, 0.4) is 0 Å². The van der Waals surface area contributed by atoms with E-state index in [9.17, 15) is 14.3 Å². The first kappa shape index (κ1) is 14.8. The Labute approximate surface area is 122 Å². The Morgan fingerprint density at radius 3 is 2.71 bits per heavy atom. The van der Waals surface area contributed by atoms with Gasteiger partial charge in [0.25, 0.3) is 0 Å². The molecule has 2 rings (SSSR count). The molecule has 0 saturated carbocycles. The summed E-state index contributed by atoms with van der Waals surface area (Å²) < 4.78 is 18.3. The number of esters is 1. The van der Waals surface area contributed by atoms with Crippen LogP contribution >= 0.6 is 0 Å². The second-order valence-corrected chi connectivity index (χ2v) is 4.40. The molecule has 0 fully saturated rings. The van der Waals surface area contributed by atoms with Crippen molar-refractivity contribution < 1.29 is 19.0 Å². The molecule has 0 aliphatic carbocycles. The number of benzene rings is 2. The topological polar surface area (TPSA) is 58.6 Å². The van der Waals surface area contributed by atoms with Crippen molar-refractivity contribution >= 4 is 11.7 Å². The van der Waals surface area contributed by atoms with Gasteiger partial charge in [0.15, 0.2) is 6.04 Å². The molecule has 0 spiro atoms. The monoisotopic (exact) mass is 289 g/mol. The van der Waals surface area contributed by atoms with Gasteiger partial charge in [0, 0.05) is 11.3 Å². The minimum atomic E-state index is -0.909. The van der Waals surface area contributed by atoms with E-state index in [4.69, 9.17) is 4.74 Å². The summed E-state index contributed by atoms with van der Waals surface area (Å²) in [5.41, 5.74) is 0.802. The molecule has 5 heteroatoms. The van der Waals surface area contributed by atoms with Crippen molar-refractivity contribution in [3.8, 4) is 5.75 Å². The number of para-hydroxylation sites is 1. The predicted octanol–water partition coefficient (Wildman–Crippen LogP) is 3.25. The number of carbonyl (C=O) groups excluding carboxylic acids is 1. The van der Waals surface area contributed by atoms with Crippen LogP contribution in [0, 0.1) is 5.82 Å². The van der Waals surface area contributed by atoms with Crippen molar-refractivity contribution in [2.75, 3.05) is 11.9 Å². The molecular weight excluding hydrogens is 273 g/mol. The van der Waals surface area contributed by atoms with E-state index in [-0.39, 0.29) is 12.4 Å². The molecule has 0 heterocycles. The van der Waals surface area contributed by atoms with Crippen molar-refractivity contribution in [3.63, 3.8) is 0 Å². The second kappa shape index (κ2) is 6.74. The number of nitrogens with one attached hydrogen (secondary N) is 1. The van der Waals surface area contributed by atoms with E-state index in [2.05, 4.69) is 5.32 Å². The number of carbonyl (C=O) groups is 1. The number of halogens is 1. The Bertz CT molecular complexity index is 630. The van der Waals surface area contributed by atoms with Gasteiger partial charge < -0.3 is 15.2 Å². The fraction of sp³-hybridized carbons (Fsp3) is 0.188. The van der Waals surface area contributed by atoms with E-state index in [1.54, 1.807) is 31.2 Å². The van der Waals surface area contributed by atoms with Crippen LogP contribution in [0.4, 0.5) is 10.1 Å². The third kappa shape index (κ3) is 3.72. The molecule has 1 unspecified atom stereocenters. The van der Waals surface area contributed by atoms with Gasteiger partial charge in [-0.2, -0.15) is 0 Å². The summed E-state index contributed by atoms with van der Waals surface area (Å²) in [5.74, 6) is -0.984. The molecule has 1 atom stereocenters. The van der Waals surface area contributed by atoms with Gasteiger partial charge >= 0.3 is 5.97 Å². The van der Waals surface area contributed by atoms with E-state index in [0.29, 0.717) is 11.3 Å². The third-order valence-corrected chi connectivity index (χ3v) is 2.91. The zero-order valence-electron chi connectivity index (χ0n) is 11.5. The van der Waals surface area contributed by atoms with Crippen LogP contribution < -0.4 is 5.32 Å². The minimum absolute atomic E-state index is 0.0283. The van der Waals surface area contributed by atoms with Gasteiger partial charge in [-0.05, 0) is 31.2 Å². The highest BCUT2D eigenvalue weighted by Crippen LogP contribution is 2.28. The van der Waals surface area contributed by atoms with Crippen molar-refractivity contribution in [1.82, 2.24) is 0 Å². The predicted molar refractivity (Wildman–Crippen MR) is 77.5 cm³/mol. The summed E-state index contributed by atoms with van der Waals surface area (Å²) in [5, 5.41) is 12.8. The van der Waals surface area contributed by atoms with Crippen LogP contribution in [-0.4, -0.2) is 17.7 Å². The molecule has 2 N–H and O–H groups in total. The summed E-state index contributed by atoms with van der Waals surface area (Å²) >= 11 is 0. The maximum Gasteiger partial charge on any atom is 0.333 e. The lowest BCUT2D eigenvalue weighted by molar-refractivity contribution is -0.144. The fourth-order valence-corrected chi connectivity index (χ4v) is 1.97. The number of hydrogen-bond donors (Lipinski definition) is 2. The van der Waals surface area contributed by atoms with Crippen molar-refractivity contribution in [2.45, 2.75) is 13.0 Å². The van der Waals surface area contributed by atoms with Gasteiger partial charge in [-0.1, -0.05) is 24.3 Å². The Morgan fingerprint density at radius 1 is 1.29 bits per heavy atom. The Hall–Kier alpha value is -2.56. The highest BCUT2D eigenvalue weighted by molar-refractivity contribution is 5.82. The molecular formula is C16H16FNO3. The van der Waals surface area contributed by atoms with Crippen LogP contribution in [0.2, 0.25) is 0 Å². The van der Waals surface area contributed by atoms with Crippen LogP contribution in [-0.2, 0) is 9.53 Å². The summed E-state index contributed by atoms with van der Waals surface area (Å²) in [6.07, 6.45) is 0. The summed E-state index contributed by atoms with van der Waals surface area (Å²) in [7, 11) is 0. The highest BCUT2D eigenvalue weighted by Gasteiger charge is 2.24. The van der Waals surface area contributed by atoms with Gasteiger partial charge in [0.2, 0.25) is 0 Å². The van der Waals surface area contributed by atoms with Gasteiger partial charge in [0.1, 0.15) is 11.6 Å². The molecule has 0 saturated heterocycles. The number of ether oxygens (including phenoxy) is 1. The van der Waals surface area contributed by atoms with E-state index in [1.165, 1.54) is 24.3 Å². The average molecular weight is 289 g/mol. The number of hydrogen-bond acceptors (Lipinski definition) is 4. The first-order chi connectivity index (χ1) is 10.1. The number of phenols is 1. The van der Waals surface area contributed by atoms with Crippen LogP contribution in [0.1, 0.15) is 18.5 Å². The standard InChI is InChI=1S/C16H16FNO3/c1-2-21-16(20)15(13-8-3-4-9-14(13)19)18-12-7-5-6-11(17)10-12/h3-10,15,18-19H,2H2,1H3. The quantitative estimate of drug-likeness (QED) is 0.830. The third-order valence-electron chi connectivity index (χ3n) is 2.91. The molecule has 0 aliphatic heterocycles. The molecule has 21 heavy (non-hydrogen) atoms. The van der Waals surface area contributed by atoms with Gasteiger partial charge in [0.05, 0.1) is 6.61 Å². The smallest absolute Gasteiger partial charge is 0.333 e. The minimum Gasteiger partial charge on any atom is -0.508 e. The van der Waals surface area contributed by atoms with E-state index in [1.807, 2.05) is 0 Å². The van der Waals surface area contributed by atoms with Gasteiger partial charge in [-0.15, -0.1) is 0 Å². The lowest BCUT2D eigenvalue weighted by Crippen LogP contribution is -2.23. The largest absolute Gasteiger partial charge is 0.508 e. The Morgan fingerprint density at radius 2 is 2.05 bits per heavy atom. The van der Waals surface area contributed by atoms with Crippen LogP contribution in [0.15, 0.2) is 48.5 Å². The SMILES string of the molecule is CCOC(=O)C(Nc1cccc(F)c1)c1ccccc1O. The number of anilines is 1.